The summed E-state index contributed by atoms with van der Waals surface area (Å²) in [5.74, 6) is 0. The zero-order chi connectivity index (χ0) is 11.0. The lowest BCUT2D eigenvalue weighted by atomic mass is 10.1. The van der Waals surface area contributed by atoms with Crippen molar-refractivity contribution in [1.82, 2.24) is 0 Å². The molecule has 0 aliphatic rings. The molecule has 0 bridgehead atoms. The number of rotatable bonds is 2. The van der Waals surface area contributed by atoms with E-state index in [1.165, 1.54) is 5.56 Å². The Morgan fingerprint density at radius 1 is 1.43 bits per heavy atom. The predicted octanol–water partition coefficient (Wildman–Crippen LogP) is 2.18. The number of aliphatic hydroxyl groups excluding tert-OH is 1. The van der Waals surface area contributed by atoms with Gasteiger partial charge in [0, 0.05) is 12.3 Å². The van der Waals surface area contributed by atoms with E-state index in [4.69, 9.17) is 10.8 Å². The number of hydrogen-bond donors (Lipinski definition) is 2. The summed E-state index contributed by atoms with van der Waals surface area (Å²) in [5.41, 5.74) is 8.51. The molecular weight excluding hydrogens is 174 g/mol. The number of aliphatic hydroxyl groups is 1. The van der Waals surface area contributed by atoms with Gasteiger partial charge in [0.15, 0.2) is 0 Å². The molecule has 1 aromatic carbocycles. The van der Waals surface area contributed by atoms with Gasteiger partial charge in [-0.05, 0) is 30.5 Å². The molecule has 2 heteroatoms. The zero-order valence-electron chi connectivity index (χ0n) is 8.96. The monoisotopic (exact) mass is 193 g/mol. The molecule has 0 aliphatic carbocycles. The molecule has 0 spiro atoms. The molecule has 3 N–H and O–H groups in total. The van der Waals surface area contributed by atoms with E-state index >= 15 is 0 Å². The van der Waals surface area contributed by atoms with E-state index in [0.717, 1.165) is 12.0 Å². The molecule has 2 nitrogen and oxygen atoms in total. The van der Waals surface area contributed by atoms with Gasteiger partial charge in [-0.25, -0.2) is 0 Å². The van der Waals surface area contributed by atoms with Crippen molar-refractivity contribution in [1.29, 1.82) is 0 Å². The minimum absolute atomic E-state index is 0.250. The molecule has 0 saturated carbocycles. The fourth-order valence-corrected chi connectivity index (χ4v) is 0.991. The van der Waals surface area contributed by atoms with Gasteiger partial charge < -0.3 is 10.8 Å². The lowest BCUT2D eigenvalue weighted by molar-refractivity contribution is 0.318. The van der Waals surface area contributed by atoms with E-state index in [-0.39, 0.29) is 6.61 Å². The normalized spacial score (nSPS) is 8.79. The molecule has 1 aromatic rings. The zero-order valence-corrected chi connectivity index (χ0v) is 8.96. The van der Waals surface area contributed by atoms with Crippen molar-refractivity contribution in [3.63, 3.8) is 0 Å². The first kappa shape index (κ1) is 12.7. The first-order valence-electron chi connectivity index (χ1n) is 4.80. The quantitative estimate of drug-likeness (QED) is 0.756. The highest BCUT2D eigenvalue weighted by atomic mass is 16.2. The summed E-state index contributed by atoms with van der Waals surface area (Å²) in [5, 5.41) is 7.57. The lowest BCUT2D eigenvalue weighted by Crippen LogP contribution is -1.94. The summed E-state index contributed by atoms with van der Waals surface area (Å²) in [7, 11) is 0. The Bertz CT molecular complexity index is 281. The van der Waals surface area contributed by atoms with Crippen LogP contribution in [0.4, 0.5) is 0 Å². The molecule has 78 valence electrons. The molecule has 0 heterocycles. The van der Waals surface area contributed by atoms with E-state index in [9.17, 15) is 0 Å². The summed E-state index contributed by atoms with van der Waals surface area (Å²) >= 11 is 0. The largest absolute Gasteiger partial charge is 0.399 e. The lowest BCUT2D eigenvalue weighted by Gasteiger charge is -2.01. The van der Waals surface area contributed by atoms with Crippen LogP contribution >= 0.6 is 0 Å². The second kappa shape index (κ2) is 7.15. The van der Waals surface area contributed by atoms with Crippen molar-refractivity contribution in [2.45, 2.75) is 20.3 Å². The number of aryl methyl sites for hydroxylation is 1. The molecule has 0 amide bonds. The van der Waals surface area contributed by atoms with Crippen LogP contribution in [0, 0.1) is 0 Å². The van der Waals surface area contributed by atoms with Gasteiger partial charge in [-0.2, -0.15) is 0 Å². The van der Waals surface area contributed by atoms with Gasteiger partial charge in [-0.1, -0.05) is 31.7 Å². The van der Waals surface area contributed by atoms with Crippen LogP contribution in [-0.2, 0) is 6.42 Å². The summed E-state index contributed by atoms with van der Waals surface area (Å²) in [6, 6.07) is 8.14. The second-order valence-electron chi connectivity index (χ2n) is 2.90. The number of hydrogen-bond acceptors (Lipinski definition) is 2. The molecule has 14 heavy (non-hydrogen) atoms. The van der Waals surface area contributed by atoms with Gasteiger partial charge in [0.1, 0.15) is 0 Å². The van der Waals surface area contributed by atoms with Gasteiger partial charge in [0.2, 0.25) is 0 Å². The first-order valence-corrected chi connectivity index (χ1v) is 4.80. The van der Waals surface area contributed by atoms with E-state index in [2.05, 4.69) is 25.6 Å². The van der Waals surface area contributed by atoms with Crippen LogP contribution in [0.1, 0.15) is 25.0 Å². The molecule has 0 radical (unpaired) electrons. The van der Waals surface area contributed by atoms with Crippen LogP contribution in [0.2, 0.25) is 0 Å². The van der Waals surface area contributed by atoms with Gasteiger partial charge in [0.25, 0.3) is 0 Å². The highest BCUT2D eigenvalue weighted by Crippen LogP contribution is 2.09. The minimum atomic E-state index is 0.250. The van der Waals surface area contributed by atoms with Gasteiger partial charge >= 0.3 is 0 Å². The van der Waals surface area contributed by atoms with Crippen molar-refractivity contribution in [2.24, 2.45) is 5.73 Å². The fraction of sp³-hybridized carbons (Fsp3) is 0.333. The van der Waals surface area contributed by atoms with E-state index in [1.807, 2.05) is 12.1 Å². The van der Waals surface area contributed by atoms with Crippen molar-refractivity contribution in [2.75, 3.05) is 6.61 Å². The number of benzene rings is 1. The Labute approximate surface area is 86.1 Å². The molecule has 0 saturated heterocycles. The second-order valence-corrected chi connectivity index (χ2v) is 2.90. The maximum absolute atomic E-state index is 7.57. The average molecular weight is 193 g/mol. The number of nitrogens with two attached hydrogens (primary N) is 1. The predicted molar refractivity (Wildman–Crippen MR) is 61.8 cm³/mol. The van der Waals surface area contributed by atoms with E-state index in [1.54, 1.807) is 6.92 Å². The third kappa shape index (κ3) is 4.67. The van der Waals surface area contributed by atoms with Crippen molar-refractivity contribution in [3.05, 3.63) is 42.0 Å². The van der Waals surface area contributed by atoms with Crippen molar-refractivity contribution in [3.8, 4) is 0 Å². The highest BCUT2D eigenvalue weighted by molar-refractivity contribution is 5.60. The van der Waals surface area contributed by atoms with Crippen LogP contribution in [0.3, 0.4) is 0 Å². The SMILES string of the molecule is C=C(N)c1cccc(CC)c1.CCO. The average Bonchev–Trinajstić information content (AvgIpc) is 2.19. The van der Waals surface area contributed by atoms with Crippen LogP contribution < -0.4 is 5.73 Å². The summed E-state index contributed by atoms with van der Waals surface area (Å²) < 4.78 is 0. The Morgan fingerprint density at radius 3 is 2.43 bits per heavy atom. The molecular formula is C12H19NO. The Morgan fingerprint density at radius 2 is 2.00 bits per heavy atom. The molecule has 0 fully saturated rings. The van der Waals surface area contributed by atoms with Gasteiger partial charge in [-0.15, -0.1) is 0 Å². The highest BCUT2D eigenvalue weighted by Gasteiger charge is 1.93. The molecule has 0 aromatic heterocycles. The minimum Gasteiger partial charge on any atom is -0.399 e. The Balaban J connectivity index is 0.000000500. The maximum atomic E-state index is 7.57. The van der Waals surface area contributed by atoms with Crippen molar-refractivity contribution < 1.29 is 5.11 Å². The maximum Gasteiger partial charge on any atom is 0.0402 e. The molecule has 0 atom stereocenters. The summed E-state index contributed by atoms with van der Waals surface area (Å²) in [6.45, 7) is 7.73. The van der Waals surface area contributed by atoms with Crippen LogP contribution in [0.15, 0.2) is 30.8 Å². The molecule has 0 unspecified atom stereocenters. The fourth-order valence-electron chi connectivity index (χ4n) is 0.991. The molecule has 0 aliphatic heterocycles. The Kier molecular flexibility index (Phi) is 6.50. The van der Waals surface area contributed by atoms with Crippen molar-refractivity contribution >= 4 is 5.70 Å². The molecule has 1 rings (SSSR count). The van der Waals surface area contributed by atoms with Gasteiger partial charge in [-0.3, -0.25) is 0 Å². The van der Waals surface area contributed by atoms with E-state index < -0.39 is 0 Å². The summed E-state index contributed by atoms with van der Waals surface area (Å²) in [4.78, 5) is 0. The summed E-state index contributed by atoms with van der Waals surface area (Å²) in [6.07, 6.45) is 1.04. The van der Waals surface area contributed by atoms with Gasteiger partial charge in [0.05, 0.1) is 0 Å². The third-order valence-corrected chi connectivity index (χ3v) is 1.71. The van der Waals surface area contributed by atoms with Crippen LogP contribution in [0.5, 0.6) is 0 Å². The topological polar surface area (TPSA) is 46.2 Å². The first-order chi connectivity index (χ1) is 6.65. The van der Waals surface area contributed by atoms with Crippen LogP contribution in [0.25, 0.3) is 5.70 Å². The Hall–Kier alpha value is -1.28. The smallest absolute Gasteiger partial charge is 0.0402 e. The van der Waals surface area contributed by atoms with Crippen LogP contribution in [-0.4, -0.2) is 11.7 Å². The van der Waals surface area contributed by atoms with E-state index in [0.29, 0.717) is 5.70 Å². The third-order valence-electron chi connectivity index (χ3n) is 1.71. The standard InChI is InChI=1S/C10H13N.C2H6O/c1-3-9-5-4-6-10(7-9)8(2)11;1-2-3/h4-7H,2-3,11H2,1H3;3H,2H2,1H3.